The molecule has 146 valence electrons. The van der Waals surface area contributed by atoms with E-state index in [0.29, 0.717) is 11.5 Å². The average Bonchev–Trinajstić information content (AvgIpc) is 3.19. The van der Waals surface area contributed by atoms with Crippen LogP contribution >= 0.6 is 0 Å². The summed E-state index contributed by atoms with van der Waals surface area (Å²) in [4.78, 5) is 25.6. The van der Waals surface area contributed by atoms with E-state index in [-0.39, 0.29) is 23.8 Å². The number of hydrogen-bond acceptors (Lipinski definition) is 4. The van der Waals surface area contributed by atoms with E-state index < -0.39 is 5.60 Å². The lowest BCUT2D eigenvalue weighted by atomic mass is 9.45. The van der Waals surface area contributed by atoms with Crippen molar-refractivity contribution in [3.63, 3.8) is 0 Å². The Hall–Kier alpha value is -2.36. The van der Waals surface area contributed by atoms with Crippen molar-refractivity contribution in [3.05, 3.63) is 58.4 Å². The SMILES string of the molecule is CCCC=C1OC(=O)C2=C1CCC1C2C2(OC(=O)c3ccccc32)[C@H]1CCC. The van der Waals surface area contributed by atoms with Gasteiger partial charge in [0.25, 0.3) is 0 Å². The molecule has 0 aromatic heterocycles. The summed E-state index contributed by atoms with van der Waals surface area (Å²) in [5.41, 5.74) is 2.74. The number of carbonyl (C=O) groups is 2. The quantitative estimate of drug-likeness (QED) is 0.688. The number of fused-ring (bicyclic) bond motifs is 5. The monoisotopic (exact) mass is 378 g/mol. The Morgan fingerprint density at radius 3 is 2.75 bits per heavy atom. The molecule has 2 aliphatic carbocycles. The van der Waals surface area contributed by atoms with Gasteiger partial charge >= 0.3 is 11.9 Å². The number of ether oxygens (including phenoxy) is 2. The lowest BCUT2D eigenvalue weighted by Crippen LogP contribution is -2.62. The molecule has 3 unspecified atom stereocenters. The van der Waals surface area contributed by atoms with Crippen molar-refractivity contribution in [1.29, 1.82) is 0 Å². The van der Waals surface area contributed by atoms with E-state index >= 15 is 0 Å². The molecule has 1 fully saturated rings. The molecule has 1 aromatic rings. The molecule has 5 rings (SSSR count). The molecule has 2 heterocycles. The molecule has 0 radical (unpaired) electrons. The number of unbranched alkanes of at least 4 members (excludes halogenated alkanes) is 1. The third kappa shape index (κ3) is 2.12. The maximum atomic E-state index is 12.9. The fraction of sp³-hybridized carbons (Fsp3) is 0.500. The van der Waals surface area contributed by atoms with Crippen LogP contribution in [0.5, 0.6) is 0 Å². The standard InChI is InChI=1S/C24H26O4/c1-3-5-11-19-16-13-12-14-17(8-4-2)24(21(14)20(16)23(26)27-19)18-10-7-6-9-15(18)22(25)28-24/h6-7,9-11,14,17,21H,3-5,8,12-13H2,1-2H3/t14?,17-,21?,24?/m0/s1. The van der Waals surface area contributed by atoms with Crippen LogP contribution in [0.2, 0.25) is 0 Å². The number of cyclic esters (lactones) is 1. The summed E-state index contributed by atoms with van der Waals surface area (Å²) in [6, 6.07) is 7.71. The van der Waals surface area contributed by atoms with Gasteiger partial charge in [0.05, 0.1) is 11.1 Å². The largest absolute Gasteiger partial charge is 0.450 e. The van der Waals surface area contributed by atoms with Crippen molar-refractivity contribution in [2.24, 2.45) is 17.8 Å². The van der Waals surface area contributed by atoms with Crippen LogP contribution in [-0.4, -0.2) is 11.9 Å². The highest BCUT2D eigenvalue weighted by Gasteiger charge is 2.71. The Kier molecular flexibility index (Phi) is 4.01. The van der Waals surface area contributed by atoms with Gasteiger partial charge in [0.15, 0.2) is 0 Å². The first-order chi connectivity index (χ1) is 13.6. The Morgan fingerprint density at radius 2 is 1.96 bits per heavy atom. The molecule has 28 heavy (non-hydrogen) atoms. The zero-order chi connectivity index (χ0) is 19.5. The molecular weight excluding hydrogens is 352 g/mol. The summed E-state index contributed by atoms with van der Waals surface area (Å²) in [6.07, 6.45) is 7.90. The van der Waals surface area contributed by atoms with Crippen LogP contribution in [0.3, 0.4) is 0 Å². The molecule has 1 spiro atoms. The van der Waals surface area contributed by atoms with Gasteiger partial charge in [-0.15, -0.1) is 0 Å². The predicted molar refractivity (Wildman–Crippen MR) is 104 cm³/mol. The van der Waals surface area contributed by atoms with Crippen molar-refractivity contribution in [2.75, 3.05) is 0 Å². The van der Waals surface area contributed by atoms with Crippen molar-refractivity contribution in [2.45, 2.75) is 58.0 Å². The first-order valence-electron chi connectivity index (χ1n) is 10.6. The fourth-order valence-corrected chi connectivity index (χ4v) is 6.08. The van der Waals surface area contributed by atoms with Crippen LogP contribution < -0.4 is 0 Å². The third-order valence-corrected chi connectivity index (χ3v) is 7.09. The van der Waals surface area contributed by atoms with E-state index in [9.17, 15) is 9.59 Å². The number of allylic oxidation sites excluding steroid dienone is 2. The van der Waals surface area contributed by atoms with Crippen molar-refractivity contribution in [3.8, 4) is 0 Å². The Labute approximate surface area is 165 Å². The molecule has 0 bridgehead atoms. The summed E-state index contributed by atoms with van der Waals surface area (Å²) >= 11 is 0. The molecule has 0 saturated heterocycles. The smallest absolute Gasteiger partial charge is 0.340 e. The minimum atomic E-state index is -0.700. The molecule has 4 heteroatoms. The minimum Gasteiger partial charge on any atom is -0.450 e. The van der Waals surface area contributed by atoms with E-state index in [1.54, 1.807) is 0 Å². The normalized spacial score (nSPS) is 34.1. The third-order valence-electron chi connectivity index (χ3n) is 7.09. The number of esters is 2. The summed E-state index contributed by atoms with van der Waals surface area (Å²) in [7, 11) is 0. The molecule has 4 aliphatic rings. The molecule has 4 nitrogen and oxygen atoms in total. The highest BCUT2D eigenvalue weighted by atomic mass is 16.6. The Bertz CT molecular complexity index is 924. The van der Waals surface area contributed by atoms with Crippen molar-refractivity contribution in [1.82, 2.24) is 0 Å². The van der Waals surface area contributed by atoms with Crippen LogP contribution in [0.15, 0.2) is 47.2 Å². The molecule has 0 amide bonds. The number of carbonyl (C=O) groups excluding carboxylic acids is 2. The van der Waals surface area contributed by atoms with Gasteiger partial charge in [-0.1, -0.05) is 44.9 Å². The van der Waals surface area contributed by atoms with Gasteiger partial charge in [0.2, 0.25) is 0 Å². The van der Waals surface area contributed by atoms with Crippen LogP contribution in [0, 0.1) is 17.8 Å². The molecule has 2 aliphatic heterocycles. The second-order valence-corrected chi connectivity index (χ2v) is 8.44. The van der Waals surface area contributed by atoms with E-state index in [1.807, 2.05) is 30.3 Å². The summed E-state index contributed by atoms with van der Waals surface area (Å²) < 4.78 is 11.8. The maximum absolute atomic E-state index is 12.9. The first kappa shape index (κ1) is 17.7. The zero-order valence-corrected chi connectivity index (χ0v) is 16.5. The van der Waals surface area contributed by atoms with Gasteiger partial charge in [0.1, 0.15) is 11.4 Å². The summed E-state index contributed by atoms with van der Waals surface area (Å²) in [5.74, 6) is 0.807. The van der Waals surface area contributed by atoms with Gasteiger partial charge in [-0.25, -0.2) is 9.59 Å². The number of rotatable bonds is 4. The van der Waals surface area contributed by atoms with Gasteiger partial charge in [0, 0.05) is 23.0 Å². The van der Waals surface area contributed by atoms with Crippen LogP contribution in [0.25, 0.3) is 0 Å². The highest BCUT2D eigenvalue weighted by Crippen LogP contribution is 2.69. The molecule has 1 aromatic carbocycles. The van der Waals surface area contributed by atoms with Crippen molar-refractivity contribution < 1.29 is 19.1 Å². The topological polar surface area (TPSA) is 52.6 Å². The zero-order valence-electron chi connectivity index (χ0n) is 16.5. The predicted octanol–water partition coefficient (Wildman–Crippen LogP) is 5.05. The van der Waals surface area contributed by atoms with Crippen LogP contribution in [0.1, 0.15) is 68.3 Å². The van der Waals surface area contributed by atoms with Crippen LogP contribution in [-0.2, 0) is 19.9 Å². The van der Waals surface area contributed by atoms with E-state index in [4.69, 9.17) is 9.47 Å². The molecule has 0 N–H and O–H groups in total. The molecule has 1 saturated carbocycles. The average molecular weight is 378 g/mol. The first-order valence-corrected chi connectivity index (χ1v) is 10.6. The van der Waals surface area contributed by atoms with Gasteiger partial charge in [-0.2, -0.15) is 0 Å². The van der Waals surface area contributed by atoms with E-state index in [2.05, 4.69) is 13.8 Å². The van der Waals surface area contributed by atoms with Gasteiger partial charge < -0.3 is 9.47 Å². The lowest BCUT2D eigenvalue weighted by molar-refractivity contribution is -0.195. The second-order valence-electron chi connectivity index (χ2n) is 8.44. The van der Waals surface area contributed by atoms with Crippen molar-refractivity contribution >= 4 is 11.9 Å². The Balaban J connectivity index is 1.65. The van der Waals surface area contributed by atoms with Gasteiger partial charge in [-0.3, -0.25) is 0 Å². The molecule has 4 atom stereocenters. The lowest BCUT2D eigenvalue weighted by Gasteiger charge is -2.60. The summed E-state index contributed by atoms with van der Waals surface area (Å²) in [6.45, 7) is 4.29. The Morgan fingerprint density at radius 1 is 1.14 bits per heavy atom. The second kappa shape index (κ2) is 6.33. The fourth-order valence-electron chi connectivity index (χ4n) is 6.08. The van der Waals surface area contributed by atoms with Gasteiger partial charge in [-0.05, 0) is 43.7 Å². The molecular formula is C24H26O4. The minimum absolute atomic E-state index is 0.0829. The number of hydrogen-bond donors (Lipinski definition) is 0. The van der Waals surface area contributed by atoms with E-state index in [1.165, 1.54) is 0 Å². The number of benzene rings is 1. The van der Waals surface area contributed by atoms with E-state index in [0.717, 1.165) is 61.0 Å². The van der Waals surface area contributed by atoms with Crippen LogP contribution in [0.4, 0.5) is 0 Å². The highest BCUT2D eigenvalue weighted by molar-refractivity contribution is 5.98. The summed E-state index contributed by atoms with van der Waals surface area (Å²) in [5, 5.41) is 0. The maximum Gasteiger partial charge on any atom is 0.340 e.